The number of aryl methyl sites for hydroxylation is 1. The van der Waals surface area contributed by atoms with E-state index in [9.17, 15) is 18.0 Å². The van der Waals surface area contributed by atoms with Gasteiger partial charge in [-0.2, -0.15) is 18.3 Å². The SMILES string of the molecule is C[C@H]1CCN(C(=O)c2cc3nc4c(c(C(F)(F)F)n3n2)CCc2ccccc2-4)[C@H](C)C1. The number of aromatic nitrogens is 3. The maximum Gasteiger partial charge on any atom is 0.433 e. The number of hydrogen-bond donors (Lipinski definition) is 0. The Morgan fingerprint density at radius 1 is 1.16 bits per heavy atom. The zero-order chi connectivity index (χ0) is 21.9. The molecule has 2 aliphatic rings. The minimum Gasteiger partial charge on any atom is -0.335 e. The Bertz CT molecular complexity index is 1180. The van der Waals surface area contributed by atoms with Crippen LogP contribution in [0.15, 0.2) is 30.3 Å². The molecule has 3 heterocycles. The molecule has 1 amide bonds. The van der Waals surface area contributed by atoms with Gasteiger partial charge in [0, 0.05) is 29.8 Å². The standard InChI is InChI=1S/C23H23F3N4O/c1-13-9-10-29(14(2)11-13)22(31)18-12-19-27-20-16-6-4-3-5-15(16)7-8-17(20)21(23(24,25)26)30(19)28-18/h3-6,12-14H,7-11H2,1-2H3/t13-,14+/m0/s1. The van der Waals surface area contributed by atoms with Crippen LogP contribution in [0.1, 0.15) is 54.0 Å². The van der Waals surface area contributed by atoms with Gasteiger partial charge >= 0.3 is 6.18 Å². The smallest absolute Gasteiger partial charge is 0.335 e. The Morgan fingerprint density at radius 3 is 2.68 bits per heavy atom. The van der Waals surface area contributed by atoms with E-state index in [4.69, 9.17) is 0 Å². The Balaban J connectivity index is 1.66. The third kappa shape index (κ3) is 3.28. The van der Waals surface area contributed by atoms with Crippen LogP contribution in [0.25, 0.3) is 16.9 Å². The monoisotopic (exact) mass is 428 g/mol. The van der Waals surface area contributed by atoms with Crippen molar-refractivity contribution >= 4 is 11.6 Å². The number of hydrogen-bond acceptors (Lipinski definition) is 3. The number of likely N-dealkylation sites (tertiary alicyclic amines) is 1. The molecule has 162 valence electrons. The van der Waals surface area contributed by atoms with Gasteiger partial charge in [-0.15, -0.1) is 0 Å². The molecule has 0 spiro atoms. The van der Waals surface area contributed by atoms with Gasteiger partial charge < -0.3 is 4.90 Å². The lowest BCUT2D eigenvalue weighted by Crippen LogP contribution is -2.44. The number of nitrogens with zero attached hydrogens (tertiary/aromatic N) is 4. The first-order valence-electron chi connectivity index (χ1n) is 10.6. The fourth-order valence-electron chi connectivity index (χ4n) is 4.98. The molecule has 5 nitrogen and oxygen atoms in total. The molecule has 0 bridgehead atoms. The highest BCUT2D eigenvalue weighted by molar-refractivity contribution is 5.93. The highest BCUT2D eigenvalue weighted by atomic mass is 19.4. The van der Waals surface area contributed by atoms with Crippen LogP contribution in [-0.2, 0) is 19.0 Å². The van der Waals surface area contributed by atoms with Crippen LogP contribution in [-0.4, -0.2) is 38.0 Å². The third-order valence-electron chi connectivity index (χ3n) is 6.50. The van der Waals surface area contributed by atoms with Crippen molar-refractivity contribution in [2.75, 3.05) is 6.54 Å². The van der Waals surface area contributed by atoms with E-state index in [1.807, 2.05) is 19.1 Å². The first-order chi connectivity index (χ1) is 14.7. The summed E-state index contributed by atoms with van der Waals surface area (Å²) in [6, 6.07) is 8.81. The van der Waals surface area contributed by atoms with Gasteiger partial charge in [-0.05, 0) is 44.1 Å². The second-order valence-corrected chi connectivity index (χ2v) is 8.72. The molecule has 0 saturated carbocycles. The van der Waals surface area contributed by atoms with Crippen molar-refractivity contribution in [1.29, 1.82) is 0 Å². The first-order valence-corrected chi connectivity index (χ1v) is 10.6. The largest absolute Gasteiger partial charge is 0.433 e. The first kappa shape index (κ1) is 20.0. The highest BCUT2D eigenvalue weighted by Gasteiger charge is 2.40. The summed E-state index contributed by atoms with van der Waals surface area (Å²) in [5.74, 6) is 0.182. The van der Waals surface area contributed by atoms with Crippen molar-refractivity contribution in [3.63, 3.8) is 0 Å². The number of benzene rings is 1. The van der Waals surface area contributed by atoms with E-state index in [1.165, 1.54) is 6.07 Å². The van der Waals surface area contributed by atoms with Crippen LogP contribution in [0.3, 0.4) is 0 Å². The molecule has 3 aromatic rings. The zero-order valence-electron chi connectivity index (χ0n) is 17.4. The number of piperidine rings is 1. The zero-order valence-corrected chi connectivity index (χ0v) is 17.4. The number of fused-ring (bicyclic) bond motifs is 4. The Labute approximate surface area is 177 Å². The van der Waals surface area contributed by atoms with E-state index in [-0.39, 0.29) is 35.3 Å². The van der Waals surface area contributed by atoms with Gasteiger partial charge in [0.1, 0.15) is 0 Å². The number of halogens is 3. The lowest BCUT2D eigenvalue weighted by atomic mass is 9.88. The lowest BCUT2D eigenvalue weighted by Gasteiger charge is -2.36. The molecule has 1 aromatic carbocycles. The number of carbonyl (C=O) groups is 1. The van der Waals surface area contributed by atoms with Crippen molar-refractivity contribution in [3.8, 4) is 11.3 Å². The Morgan fingerprint density at radius 2 is 1.94 bits per heavy atom. The number of carbonyl (C=O) groups excluding carboxylic acids is 1. The van der Waals surface area contributed by atoms with Gasteiger partial charge in [0.15, 0.2) is 17.0 Å². The quantitative estimate of drug-likeness (QED) is 0.561. The molecule has 0 N–H and O–H groups in total. The minimum atomic E-state index is -4.61. The Kier molecular flexibility index (Phi) is 4.57. The van der Waals surface area contributed by atoms with Gasteiger partial charge in [0.2, 0.25) is 0 Å². The normalized spacial score (nSPS) is 21.1. The van der Waals surface area contributed by atoms with Gasteiger partial charge in [0.05, 0.1) is 5.69 Å². The molecule has 1 aliphatic carbocycles. The van der Waals surface area contributed by atoms with Gasteiger partial charge in [0.25, 0.3) is 5.91 Å². The number of alkyl halides is 3. The van der Waals surface area contributed by atoms with Crippen molar-refractivity contribution in [3.05, 3.63) is 52.8 Å². The minimum absolute atomic E-state index is 0.00929. The van der Waals surface area contributed by atoms with Gasteiger partial charge in [-0.1, -0.05) is 31.2 Å². The van der Waals surface area contributed by atoms with E-state index < -0.39 is 11.9 Å². The molecular weight excluding hydrogens is 405 g/mol. The van der Waals surface area contributed by atoms with Crippen LogP contribution >= 0.6 is 0 Å². The Hall–Kier alpha value is -2.90. The maximum absolute atomic E-state index is 14.2. The maximum atomic E-state index is 14.2. The molecule has 1 aliphatic heterocycles. The molecule has 5 rings (SSSR count). The third-order valence-corrected chi connectivity index (χ3v) is 6.50. The van der Waals surface area contributed by atoms with Crippen molar-refractivity contribution < 1.29 is 18.0 Å². The van der Waals surface area contributed by atoms with Crippen LogP contribution in [0.5, 0.6) is 0 Å². The van der Waals surface area contributed by atoms with E-state index in [0.717, 1.165) is 22.9 Å². The summed E-state index contributed by atoms with van der Waals surface area (Å²) in [6.07, 6.45) is -2.13. The molecule has 1 saturated heterocycles. The lowest BCUT2D eigenvalue weighted by molar-refractivity contribution is -0.143. The average Bonchev–Trinajstić information content (AvgIpc) is 3.14. The molecule has 0 radical (unpaired) electrons. The van der Waals surface area contributed by atoms with E-state index in [0.29, 0.717) is 30.1 Å². The molecule has 31 heavy (non-hydrogen) atoms. The predicted octanol–water partition coefficient (Wildman–Crippen LogP) is 4.77. The predicted molar refractivity (Wildman–Crippen MR) is 110 cm³/mol. The molecule has 0 unspecified atom stereocenters. The second-order valence-electron chi connectivity index (χ2n) is 8.72. The summed E-state index contributed by atoms with van der Waals surface area (Å²) in [5.41, 5.74) is 1.39. The number of amides is 1. The van der Waals surface area contributed by atoms with E-state index in [2.05, 4.69) is 17.0 Å². The molecule has 2 aromatic heterocycles. The molecule has 8 heteroatoms. The van der Waals surface area contributed by atoms with Crippen molar-refractivity contribution in [2.45, 2.75) is 51.7 Å². The fourth-order valence-corrected chi connectivity index (χ4v) is 4.98. The van der Waals surface area contributed by atoms with Crippen LogP contribution in [0.4, 0.5) is 13.2 Å². The van der Waals surface area contributed by atoms with Crippen LogP contribution in [0, 0.1) is 5.92 Å². The van der Waals surface area contributed by atoms with Gasteiger partial charge in [-0.3, -0.25) is 4.79 Å². The van der Waals surface area contributed by atoms with E-state index in [1.54, 1.807) is 17.0 Å². The van der Waals surface area contributed by atoms with Crippen molar-refractivity contribution in [2.24, 2.45) is 5.92 Å². The van der Waals surface area contributed by atoms with Crippen LogP contribution < -0.4 is 0 Å². The van der Waals surface area contributed by atoms with Gasteiger partial charge in [-0.25, -0.2) is 9.50 Å². The molecule has 2 atom stereocenters. The summed E-state index contributed by atoms with van der Waals surface area (Å²) < 4.78 is 43.3. The number of rotatable bonds is 1. The average molecular weight is 428 g/mol. The molecular formula is C23H23F3N4O. The summed E-state index contributed by atoms with van der Waals surface area (Å²) >= 11 is 0. The summed E-state index contributed by atoms with van der Waals surface area (Å²) in [5, 5.41) is 4.11. The van der Waals surface area contributed by atoms with Crippen molar-refractivity contribution in [1.82, 2.24) is 19.5 Å². The summed E-state index contributed by atoms with van der Waals surface area (Å²) in [4.78, 5) is 19.4. The van der Waals surface area contributed by atoms with Crippen LogP contribution in [0.2, 0.25) is 0 Å². The molecule has 1 fully saturated rings. The summed E-state index contributed by atoms with van der Waals surface area (Å²) in [7, 11) is 0. The fraction of sp³-hybridized carbons (Fsp3) is 0.435. The topological polar surface area (TPSA) is 50.5 Å². The highest BCUT2D eigenvalue weighted by Crippen LogP contribution is 2.40. The second kappa shape index (κ2) is 7.07. The summed E-state index contributed by atoms with van der Waals surface area (Å²) in [6.45, 7) is 4.70. The van der Waals surface area contributed by atoms with E-state index >= 15 is 0 Å².